The summed E-state index contributed by atoms with van der Waals surface area (Å²) in [7, 11) is 0. The van der Waals surface area contributed by atoms with Gasteiger partial charge >= 0.3 is 0 Å². The minimum Gasteiger partial charge on any atom is -0.243 e. The van der Waals surface area contributed by atoms with Crippen molar-refractivity contribution in [3.63, 3.8) is 0 Å². The van der Waals surface area contributed by atoms with Crippen molar-refractivity contribution < 1.29 is 0 Å². The maximum Gasteiger partial charge on any atom is 0.280 e. The number of nitrogens with one attached hydrogen (secondary N) is 1. The number of hydrogen-bond donors (Lipinski definition) is 1. The molecular formula is C16H17N7. The summed E-state index contributed by atoms with van der Waals surface area (Å²) < 4.78 is 1.62. The number of nitrogens with zero attached hydrogens (tertiary/aromatic N) is 6. The third-order valence-electron chi connectivity index (χ3n) is 3.92. The summed E-state index contributed by atoms with van der Waals surface area (Å²) in [5.41, 5.74) is 5.93. The smallest absolute Gasteiger partial charge is 0.243 e. The van der Waals surface area contributed by atoms with Crippen molar-refractivity contribution in [1.29, 1.82) is 0 Å². The molecular weight excluding hydrogens is 290 g/mol. The SMILES string of the molecule is c1ccc(-c2cn3nc(NN=C4CCCCC4)nnc3n2)cc1. The molecule has 2 aromatic heterocycles. The van der Waals surface area contributed by atoms with Gasteiger partial charge in [0.05, 0.1) is 11.9 Å². The zero-order valence-electron chi connectivity index (χ0n) is 12.7. The Morgan fingerprint density at radius 1 is 1.00 bits per heavy atom. The molecule has 4 rings (SSSR count). The molecule has 0 saturated heterocycles. The lowest BCUT2D eigenvalue weighted by Gasteiger charge is -2.11. The molecule has 2 heterocycles. The van der Waals surface area contributed by atoms with Crippen LogP contribution in [0.3, 0.4) is 0 Å². The predicted octanol–water partition coefficient (Wildman–Crippen LogP) is 2.92. The number of anilines is 1. The van der Waals surface area contributed by atoms with Crippen LogP contribution in [0.15, 0.2) is 41.6 Å². The van der Waals surface area contributed by atoms with Crippen LogP contribution in [-0.2, 0) is 0 Å². The van der Waals surface area contributed by atoms with Crippen molar-refractivity contribution in [3.8, 4) is 11.3 Å². The van der Waals surface area contributed by atoms with E-state index in [0.29, 0.717) is 11.7 Å². The maximum atomic E-state index is 4.44. The van der Waals surface area contributed by atoms with Crippen molar-refractivity contribution in [1.82, 2.24) is 24.8 Å². The zero-order valence-corrected chi connectivity index (χ0v) is 12.7. The van der Waals surface area contributed by atoms with Gasteiger partial charge < -0.3 is 0 Å². The average molecular weight is 307 g/mol. The monoisotopic (exact) mass is 307 g/mol. The van der Waals surface area contributed by atoms with Gasteiger partial charge in [-0.1, -0.05) is 36.8 Å². The van der Waals surface area contributed by atoms with Crippen LogP contribution in [0.5, 0.6) is 0 Å². The van der Waals surface area contributed by atoms with E-state index in [1.54, 1.807) is 4.52 Å². The molecule has 116 valence electrons. The normalized spacial score (nSPS) is 14.9. The first-order chi connectivity index (χ1) is 11.4. The molecule has 1 aliphatic rings. The molecule has 7 heteroatoms. The molecule has 1 aliphatic carbocycles. The first-order valence-electron chi connectivity index (χ1n) is 7.85. The summed E-state index contributed by atoms with van der Waals surface area (Å²) in [4.78, 5) is 4.44. The van der Waals surface area contributed by atoms with E-state index < -0.39 is 0 Å². The second kappa shape index (κ2) is 6.12. The van der Waals surface area contributed by atoms with Gasteiger partial charge in [0.1, 0.15) is 0 Å². The highest BCUT2D eigenvalue weighted by atomic mass is 15.5. The highest BCUT2D eigenvalue weighted by Crippen LogP contribution is 2.17. The van der Waals surface area contributed by atoms with E-state index >= 15 is 0 Å². The highest BCUT2D eigenvalue weighted by molar-refractivity contribution is 5.85. The van der Waals surface area contributed by atoms with Gasteiger partial charge in [-0.2, -0.15) is 9.62 Å². The lowest BCUT2D eigenvalue weighted by Crippen LogP contribution is -2.09. The van der Waals surface area contributed by atoms with E-state index in [0.717, 1.165) is 24.1 Å². The van der Waals surface area contributed by atoms with Crippen LogP contribution < -0.4 is 5.43 Å². The van der Waals surface area contributed by atoms with E-state index in [1.807, 2.05) is 36.5 Å². The standard InChI is InChI=1S/C16H17N7/c1-3-7-12(8-4-1)14-11-23-16(17-14)21-20-15(22-23)19-18-13-9-5-2-6-10-13/h1,3-4,7-8,11H,2,5-6,9-10H2,(H,19,22). The molecule has 1 aromatic carbocycles. The fraction of sp³-hybridized carbons (Fsp3) is 0.312. The Hall–Kier alpha value is -2.83. The Morgan fingerprint density at radius 2 is 1.83 bits per heavy atom. The molecule has 0 spiro atoms. The van der Waals surface area contributed by atoms with Gasteiger partial charge in [-0.15, -0.1) is 15.3 Å². The van der Waals surface area contributed by atoms with E-state index in [2.05, 4.69) is 30.8 Å². The number of rotatable bonds is 3. The predicted molar refractivity (Wildman–Crippen MR) is 88.2 cm³/mol. The Balaban J connectivity index is 1.58. The Labute approximate surface area is 133 Å². The summed E-state index contributed by atoms with van der Waals surface area (Å²) in [5, 5.41) is 16.9. The molecule has 1 fully saturated rings. The van der Waals surface area contributed by atoms with Gasteiger partial charge in [-0.05, 0) is 25.7 Å². The third-order valence-corrected chi connectivity index (χ3v) is 3.92. The van der Waals surface area contributed by atoms with Gasteiger partial charge in [0.15, 0.2) is 0 Å². The number of hydrazone groups is 1. The average Bonchev–Trinajstić information content (AvgIpc) is 3.05. The summed E-state index contributed by atoms with van der Waals surface area (Å²) >= 11 is 0. The van der Waals surface area contributed by atoms with E-state index in [-0.39, 0.29) is 0 Å². The molecule has 23 heavy (non-hydrogen) atoms. The molecule has 0 radical (unpaired) electrons. The number of imidazole rings is 1. The topological polar surface area (TPSA) is 80.4 Å². The highest BCUT2D eigenvalue weighted by Gasteiger charge is 2.09. The Morgan fingerprint density at radius 3 is 2.65 bits per heavy atom. The molecule has 0 bridgehead atoms. The van der Waals surface area contributed by atoms with Crippen LogP contribution in [0, 0.1) is 0 Å². The molecule has 0 unspecified atom stereocenters. The molecule has 1 saturated carbocycles. The van der Waals surface area contributed by atoms with E-state index in [4.69, 9.17) is 0 Å². The van der Waals surface area contributed by atoms with E-state index in [9.17, 15) is 0 Å². The number of aromatic nitrogens is 5. The van der Waals surface area contributed by atoms with Crippen molar-refractivity contribution >= 4 is 17.4 Å². The second-order valence-electron chi connectivity index (χ2n) is 5.61. The van der Waals surface area contributed by atoms with Crippen LogP contribution in [0.1, 0.15) is 32.1 Å². The summed E-state index contributed by atoms with van der Waals surface area (Å²) in [6.07, 6.45) is 7.65. The van der Waals surface area contributed by atoms with Crippen molar-refractivity contribution in [3.05, 3.63) is 36.5 Å². The van der Waals surface area contributed by atoms with Gasteiger partial charge in [0.25, 0.3) is 11.7 Å². The summed E-state index contributed by atoms with van der Waals surface area (Å²) in [5.74, 6) is 0.854. The van der Waals surface area contributed by atoms with Gasteiger partial charge in [0.2, 0.25) is 0 Å². The minimum absolute atomic E-state index is 0.382. The van der Waals surface area contributed by atoms with Gasteiger partial charge in [-0.25, -0.2) is 10.4 Å². The second-order valence-corrected chi connectivity index (χ2v) is 5.61. The van der Waals surface area contributed by atoms with Gasteiger partial charge in [-0.3, -0.25) is 0 Å². The molecule has 3 aromatic rings. The van der Waals surface area contributed by atoms with Crippen LogP contribution >= 0.6 is 0 Å². The van der Waals surface area contributed by atoms with Crippen LogP contribution in [-0.4, -0.2) is 30.5 Å². The maximum absolute atomic E-state index is 4.44. The van der Waals surface area contributed by atoms with Crippen LogP contribution in [0.4, 0.5) is 5.95 Å². The Kier molecular flexibility index (Phi) is 3.67. The fourth-order valence-corrected chi connectivity index (χ4v) is 2.71. The molecule has 0 amide bonds. The fourth-order valence-electron chi connectivity index (χ4n) is 2.71. The molecule has 1 N–H and O–H groups in total. The van der Waals surface area contributed by atoms with Crippen molar-refractivity contribution in [2.75, 3.05) is 5.43 Å². The first kappa shape index (κ1) is 13.8. The molecule has 0 atom stereocenters. The Bertz CT molecular complexity index is 830. The molecule has 7 nitrogen and oxygen atoms in total. The van der Waals surface area contributed by atoms with Crippen LogP contribution in [0.25, 0.3) is 17.0 Å². The molecule has 0 aliphatic heterocycles. The number of fused-ring (bicyclic) bond motifs is 1. The largest absolute Gasteiger partial charge is 0.280 e. The summed E-state index contributed by atoms with van der Waals surface area (Å²) in [6.45, 7) is 0. The number of benzene rings is 1. The van der Waals surface area contributed by atoms with Crippen molar-refractivity contribution in [2.24, 2.45) is 5.10 Å². The first-order valence-corrected chi connectivity index (χ1v) is 7.85. The van der Waals surface area contributed by atoms with Crippen LogP contribution in [0.2, 0.25) is 0 Å². The van der Waals surface area contributed by atoms with Gasteiger partial charge in [0, 0.05) is 11.3 Å². The lowest BCUT2D eigenvalue weighted by molar-refractivity contribution is 0.665. The third kappa shape index (κ3) is 3.03. The zero-order chi connectivity index (χ0) is 15.5. The lowest BCUT2D eigenvalue weighted by atomic mass is 9.99. The van der Waals surface area contributed by atoms with E-state index in [1.165, 1.54) is 25.0 Å². The number of hydrogen-bond acceptors (Lipinski definition) is 6. The van der Waals surface area contributed by atoms with Crippen molar-refractivity contribution in [2.45, 2.75) is 32.1 Å². The quantitative estimate of drug-likeness (QED) is 0.752. The minimum atomic E-state index is 0.382. The summed E-state index contributed by atoms with van der Waals surface area (Å²) in [6, 6.07) is 9.94.